The Morgan fingerprint density at radius 1 is 1.12 bits per heavy atom. The summed E-state index contributed by atoms with van der Waals surface area (Å²) in [5.41, 5.74) is 6.63. The predicted octanol–water partition coefficient (Wildman–Crippen LogP) is 3.11. The third kappa shape index (κ3) is 2.35. The third-order valence-corrected chi connectivity index (χ3v) is 2.69. The van der Waals surface area contributed by atoms with Crippen molar-refractivity contribution in [1.82, 2.24) is 9.97 Å². The van der Waals surface area contributed by atoms with Crippen molar-refractivity contribution in [1.29, 1.82) is 0 Å². The third-order valence-electron chi connectivity index (χ3n) is 1.87. The molecule has 2 rings (SSSR count). The topological polar surface area (TPSA) is 63.8 Å². The van der Waals surface area contributed by atoms with Crippen molar-refractivity contribution in [3.05, 3.63) is 40.6 Å². The monoisotopic (exact) mass is 254 g/mol. The second-order valence-corrected chi connectivity index (χ2v) is 3.85. The van der Waals surface area contributed by atoms with Gasteiger partial charge in [-0.3, -0.25) is 0 Å². The van der Waals surface area contributed by atoms with Gasteiger partial charge in [0.1, 0.15) is 0 Å². The van der Waals surface area contributed by atoms with E-state index in [-0.39, 0.29) is 0 Å². The number of hydrogen-bond donors (Lipinski definition) is 2. The summed E-state index contributed by atoms with van der Waals surface area (Å²) in [6, 6.07) is 5.28. The number of nitrogens with one attached hydrogen (secondary N) is 1. The van der Waals surface area contributed by atoms with Gasteiger partial charge in [0.15, 0.2) is 0 Å². The minimum absolute atomic E-state index is 0.415. The van der Waals surface area contributed by atoms with Crippen LogP contribution in [-0.2, 0) is 0 Å². The number of benzene rings is 1. The van der Waals surface area contributed by atoms with E-state index in [0.717, 1.165) is 0 Å². The lowest BCUT2D eigenvalue weighted by atomic mass is 10.3. The van der Waals surface area contributed by atoms with Crippen LogP contribution < -0.4 is 11.1 Å². The van der Waals surface area contributed by atoms with E-state index in [1.54, 1.807) is 18.2 Å². The SMILES string of the molecule is Nc1cnc(Nc2cccc(Cl)c2Cl)nc1. The Labute approximate surface area is 102 Å². The standard InChI is InChI=1S/C10H8Cl2N4/c11-7-2-1-3-8(9(7)12)16-10-14-4-6(13)5-15-10/h1-5H,13H2,(H,14,15,16). The van der Waals surface area contributed by atoms with Gasteiger partial charge in [-0.25, -0.2) is 9.97 Å². The van der Waals surface area contributed by atoms with Crippen molar-refractivity contribution in [2.45, 2.75) is 0 Å². The minimum Gasteiger partial charge on any atom is -0.396 e. The van der Waals surface area contributed by atoms with Crippen molar-refractivity contribution in [2.75, 3.05) is 11.1 Å². The minimum atomic E-state index is 0.415. The molecule has 0 unspecified atom stereocenters. The summed E-state index contributed by atoms with van der Waals surface area (Å²) < 4.78 is 0. The lowest BCUT2D eigenvalue weighted by Crippen LogP contribution is -1.98. The lowest BCUT2D eigenvalue weighted by molar-refractivity contribution is 1.17. The number of anilines is 3. The second kappa shape index (κ2) is 4.55. The molecule has 1 aromatic heterocycles. The number of halogens is 2. The molecule has 16 heavy (non-hydrogen) atoms. The van der Waals surface area contributed by atoms with Crippen LogP contribution in [0.25, 0.3) is 0 Å². The molecule has 0 spiro atoms. The first-order valence-corrected chi connectivity index (χ1v) is 5.21. The maximum absolute atomic E-state index is 6.00. The van der Waals surface area contributed by atoms with Crippen LogP contribution in [0.15, 0.2) is 30.6 Å². The molecule has 0 aliphatic heterocycles. The fraction of sp³-hybridized carbons (Fsp3) is 0. The highest BCUT2D eigenvalue weighted by Crippen LogP contribution is 2.30. The fourth-order valence-corrected chi connectivity index (χ4v) is 1.47. The van der Waals surface area contributed by atoms with Gasteiger partial charge in [-0.15, -0.1) is 0 Å². The zero-order valence-corrected chi connectivity index (χ0v) is 9.63. The summed E-state index contributed by atoms with van der Waals surface area (Å²) in [6.45, 7) is 0. The number of nitrogen functional groups attached to an aromatic ring is 1. The molecule has 2 aromatic rings. The number of hydrogen-bond acceptors (Lipinski definition) is 4. The average molecular weight is 255 g/mol. The van der Waals surface area contributed by atoms with E-state index in [9.17, 15) is 0 Å². The molecule has 0 atom stereocenters. The molecular formula is C10H8Cl2N4. The maximum atomic E-state index is 6.00. The van der Waals surface area contributed by atoms with Gasteiger partial charge >= 0.3 is 0 Å². The van der Waals surface area contributed by atoms with Crippen LogP contribution in [0.5, 0.6) is 0 Å². The van der Waals surface area contributed by atoms with Gasteiger partial charge < -0.3 is 11.1 Å². The molecule has 0 saturated carbocycles. The quantitative estimate of drug-likeness (QED) is 0.865. The predicted molar refractivity (Wildman–Crippen MR) is 66.2 cm³/mol. The van der Waals surface area contributed by atoms with Crippen molar-refractivity contribution < 1.29 is 0 Å². The average Bonchev–Trinajstić information content (AvgIpc) is 2.28. The molecule has 0 amide bonds. The summed E-state index contributed by atoms with van der Waals surface area (Å²) in [5, 5.41) is 3.86. The molecule has 4 nitrogen and oxygen atoms in total. The molecule has 0 bridgehead atoms. The van der Waals surface area contributed by atoms with Crippen LogP contribution in [0.2, 0.25) is 10.0 Å². The summed E-state index contributed by atoms with van der Waals surface area (Å²) in [5.74, 6) is 0.415. The molecule has 0 radical (unpaired) electrons. The number of nitrogens with zero attached hydrogens (tertiary/aromatic N) is 2. The Balaban J connectivity index is 2.27. The van der Waals surface area contributed by atoms with Crippen molar-refractivity contribution >= 4 is 40.5 Å². The molecule has 6 heteroatoms. The van der Waals surface area contributed by atoms with E-state index in [1.807, 2.05) is 0 Å². The van der Waals surface area contributed by atoms with E-state index < -0.39 is 0 Å². The van der Waals surface area contributed by atoms with Crippen LogP contribution in [0.1, 0.15) is 0 Å². The van der Waals surface area contributed by atoms with Crippen molar-refractivity contribution in [3.8, 4) is 0 Å². The molecule has 0 fully saturated rings. The lowest BCUT2D eigenvalue weighted by Gasteiger charge is -2.07. The Kier molecular flexibility index (Phi) is 3.12. The summed E-state index contributed by atoms with van der Waals surface area (Å²) in [6.07, 6.45) is 3.02. The van der Waals surface area contributed by atoms with Crippen LogP contribution in [-0.4, -0.2) is 9.97 Å². The van der Waals surface area contributed by atoms with Gasteiger partial charge in [-0.1, -0.05) is 29.3 Å². The largest absolute Gasteiger partial charge is 0.396 e. The normalized spacial score (nSPS) is 10.1. The molecule has 1 aromatic carbocycles. The highest BCUT2D eigenvalue weighted by atomic mass is 35.5. The van der Waals surface area contributed by atoms with Crippen LogP contribution >= 0.6 is 23.2 Å². The Bertz CT molecular complexity index is 499. The van der Waals surface area contributed by atoms with Gasteiger partial charge in [0.05, 0.1) is 33.8 Å². The maximum Gasteiger partial charge on any atom is 0.227 e. The van der Waals surface area contributed by atoms with Gasteiger partial charge in [0.25, 0.3) is 0 Å². The smallest absolute Gasteiger partial charge is 0.227 e. The zero-order chi connectivity index (χ0) is 11.5. The van der Waals surface area contributed by atoms with E-state index >= 15 is 0 Å². The fourth-order valence-electron chi connectivity index (χ4n) is 1.12. The number of nitrogens with two attached hydrogens (primary N) is 1. The summed E-state index contributed by atoms with van der Waals surface area (Å²) >= 11 is 11.9. The highest BCUT2D eigenvalue weighted by molar-refractivity contribution is 6.43. The second-order valence-electron chi connectivity index (χ2n) is 3.07. The van der Waals surface area contributed by atoms with Crippen molar-refractivity contribution in [2.24, 2.45) is 0 Å². The molecule has 1 heterocycles. The highest BCUT2D eigenvalue weighted by Gasteiger charge is 2.05. The molecule has 3 N–H and O–H groups in total. The first kappa shape index (κ1) is 11.0. The van der Waals surface area contributed by atoms with E-state index in [1.165, 1.54) is 12.4 Å². The Morgan fingerprint density at radius 2 is 1.81 bits per heavy atom. The van der Waals surface area contributed by atoms with E-state index in [2.05, 4.69) is 15.3 Å². The first-order valence-electron chi connectivity index (χ1n) is 4.45. The van der Waals surface area contributed by atoms with Gasteiger partial charge in [-0.2, -0.15) is 0 Å². The molecular weight excluding hydrogens is 247 g/mol. The van der Waals surface area contributed by atoms with Gasteiger partial charge in [0.2, 0.25) is 5.95 Å². The summed E-state index contributed by atoms with van der Waals surface area (Å²) in [4.78, 5) is 7.99. The van der Waals surface area contributed by atoms with Gasteiger partial charge in [-0.05, 0) is 12.1 Å². The van der Waals surface area contributed by atoms with Crippen molar-refractivity contribution in [3.63, 3.8) is 0 Å². The summed E-state index contributed by atoms with van der Waals surface area (Å²) in [7, 11) is 0. The molecule has 82 valence electrons. The van der Waals surface area contributed by atoms with Crippen LogP contribution in [0, 0.1) is 0 Å². The van der Waals surface area contributed by atoms with Crippen LogP contribution in [0.4, 0.5) is 17.3 Å². The number of aromatic nitrogens is 2. The Morgan fingerprint density at radius 3 is 2.50 bits per heavy atom. The van der Waals surface area contributed by atoms with E-state index in [0.29, 0.717) is 27.4 Å². The Hall–Kier alpha value is -1.52. The van der Waals surface area contributed by atoms with Gasteiger partial charge in [0, 0.05) is 0 Å². The molecule has 0 aliphatic rings. The number of rotatable bonds is 2. The molecule has 0 aliphatic carbocycles. The molecule has 0 saturated heterocycles. The van der Waals surface area contributed by atoms with E-state index in [4.69, 9.17) is 28.9 Å². The zero-order valence-electron chi connectivity index (χ0n) is 8.11. The first-order chi connectivity index (χ1) is 7.66. The van der Waals surface area contributed by atoms with Crippen LogP contribution in [0.3, 0.4) is 0 Å².